The maximum absolute atomic E-state index is 12.6. The fourth-order valence-electron chi connectivity index (χ4n) is 2.84. The summed E-state index contributed by atoms with van der Waals surface area (Å²) < 4.78 is 42.6. The molecule has 1 aromatic rings. The van der Waals surface area contributed by atoms with Gasteiger partial charge in [0.25, 0.3) is 0 Å². The summed E-state index contributed by atoms with van der Waals surface area (Å²) in [6.07, 6.45) is -3.05. The zero-order valence-electron chi connectivity index (χ0n) is 14.4. The maximum Gasteiger partial charge on any atom is 0.471 e. The van der Waals surface area contributed by atoms with Crippen LogP contribution in [0.4, 0.5) is 24.5 Å². The number of hydrogen-bond acceptors (Lipinski definition) is 4. The minimum absolute atomic E-state index is 0.0168. The molecule has 1 amide bonds. The number of rotatable bonds is 3. The van der Waals surface area contributed by atoms with Crippen LogP contribution in [0.25, 0.3) is 0 Å². The molecule has 1 aliphatic rings. The minimum Gasteiger partial charge on any atom is -0.465 e. The first kappa shape index (κ1) is 19.1. The van der Waals surface area contributed by atoms with E-state index in [9.17, 15) is 22.8 Å². The molecule has 5 nitrogen and oxygen atoms in total. The summed E-state index contributed by atoms with van der Waals surface area (Å²) in [6, 6.07) is 4.24. The number of esters is 1. The first-order valence-electron chi connectivity index (χ1n) is 7.97. The number of piperidine rings is 1. The molecule has 0 unspecified atom stereocenters. The van der Waals surface area contributed by atoms with Crippen LogP contribution in [0.3, 0.4) is 0 Å². The van der Waals surface area contributed by atoms with Gasteiger partial charge in [-0.2, -0.15) is 13.2 Å². The zero-order chi connectivity index (χ0) is 18.8. The number of methoxy groups -OCH3 is 1. The van der Waals surface area contributed by atoms with Crippen LogP contribution in [-0.4, -0.2) is 45.3 Å². The van der Waals surface area contributed by atoms with Gasteiger partial charge in [0.1, 0.15) is 0 Å². The predicted molar refractivity (Wildman–Crippen MR) is 87.9 cm³/mol. The summed E-state index contributed by atoms with van der Waals surface area (Å²) in [4.78, 5) is 26.0. The van der Waals surface area contributed by atoms with Crippen LogP contribution < -0.4 is 9.80 Å². The van der Waals surface area contributed by atoms with E-state index in [0.717, 1.165) is 33.0 Å². The lowest BCUT2D eigenvalue weighted by Crippen LogP contribution is -2.38. The molecule has 1 aromatic carbocycles. The largest absolute Gasteiger partial charge is 0.471 e. The number of benzene rings is 1. The number of amides is 1. The summed E-state index contributed by atoms with van der Waals surface area (Å²) in [6.45, 7) is 3.66. The summed E-state index contributed by atoms with van der Waals surface area (Å²) in [5.41, 5.74) is 0.739. The van der Waals surface area contributed by atoms with Gasteiger partial charge in [-0.05, 0) is 37.0 Å². The Kier molecular flexibility index (Phi) is 5.59. The highest BCUT2D eigenvalue weighted by Gasteiger charge is 2.42. The topological polar surface area (TPSA) is 49.9 Å². The lowest BCUT2D eigenvalue weighted by Gasteiger charge is -2.33. The molecule has 138 valence electrons. The molecule has 8 heteroatoms. The number of nitrogens with zero attached hydrogens (tertiary/aromatic N) is 2. The molecular formula is C17H21F3N2O3. The van der Waals surface area contributed by atoms with E-state index in [1.165, 1.54) is 19.2 Å². The van der Waals surface area contributed by atoms with Crippen molar-refractivity contribution in [3.8, 4) is 0 Å². The smallest absolute Gasteiger partial charge is 0.465 e. The Labute approximate surface area is 144 Å². The van der Waals surface area contributed by atoms with Gasteiger partial charge in [-0.1, -0.05) is 6.92 Å². The summed E-state index contributed by atoms with van der Waals surface area (Å²) in [5, 5.41) is 0. The number of ether oxygens (including phenoxy) is 1. The highest BCUT2D eigenvalue weighted by molar-refractivity contribution is 6.01. The first-order chi connectivity index (χ1) is 11.6. The molecular weight excluding hydrogens is 337 g/mol. The second-order valence-corrected chi connectivity index (χ2v) is 6.22. The molecule has 0 radical (unpaired) electrons. The van der Waals surface area contributed by atoms with Crippen LogP contribution >= 0.6 is 0 Å². The first-order valence-corrected chi connectivity index (χ1v) is 7.97. The molecule has 2 rings (SSSR count). The van der Waals surface area contributed by atoms with E-state index >= 15 is 0 Å². The van der Waals surface area contributed by atoms with E-state index in [2.05, 4.69) is 6.92 Å². The van der Waals surface area contributed by atoms with E-state index in [1.807, 2.05) is 4.90 Å². The van der Waals surface area contributed by atoms with E-state index < -0.39 is 18.1 Å². The van der Waals surface area contributed by atoms with Crippen molar-refractivity contribution in [1.29, 1.82) is 0 Å². The Bertz CT molecular complexity index is 653. The van der Waals surface area contributed by atoms with Crippen molar-refractivity contribution in [2.75, 3.05) is 37.0 Å². The average Bonchev–Trinajstić information content (AvgIpc) is 2.59. The molecule has 1 fully saturated rings. The maximum atomic E-state index is 12.6. The third kappa shape index (κ3) is 4.24. The summed E-state index contributed by atoms with van der Waals surface area (Å²) in [7, 11) is 2.23. The van der Waals surface area contributed by atoms with Crippen molar-refractivity contribution in [2.45, 2.75) is 25.9 Å². The Hall–Kier alpha value is -2.25. The molecule has 1 saturated heterocycles. The van der Waals surface area contributed by atoms with Gasteiger partial charge in [-0.15, -0.1) is 0 Å². The van der Waals surface area contributed by atoms with Gasteiger partial charge in [-0.3, -0.25) is 4.79 Å². The van der Waals surface area contributed by atoms with Crippen molar-refractivity contribution in [1.82, 2.24) is 0 Å². The Morgan fingerprint density at radius 3 is 2.36 bits per heavy atom. The van der Waals surface area contributed by atoms with E-state index in [4.69, 9.17) is 4.74 Å². The highest BCUT2D eigenvalue weighted by Crippen LogP contribution is 2.31. The van der Waals surface area contributed by atoms with Crippen LogP contribution in [0.5, 0.6) is 0 Å². The lowest BCUT2D eigenvalue weighted by atomic mass is 9.98. The van der Waals surface area contributed by atoms with Crippen molar-refractivity contribution in [3.63, 3.8) is 0 Å². The van der Waals surface area contributed by atoms with Crippen LogP contribution in [0, 0.1) is 5.92 Å². The number of anilines is 2. The van der Waals surface area contributed by atoms with Gasteiger partial charge in [0.15, 0.2) is 0 Å². The van der Waals surface area contributed by atoms with E-state index in [0.29, 0.717) is 16.5 Å². The molecule has 0 N–H and O–H groups in total. The Morgan fingerprint density at radius 2 is 1.84 bits per heavy atom. The van der Waals surface area contributed by atoms with Crippen molar-refractivity contribution >= 4 is 23.3 Å². The predicted octanol–water partition coefficient (Wildman–Crippen LogP) is 3.23. The van der Waals surface area contributed by atoms with Gasteiger partial charge < -0.3 is 14.5 Å². The van der Waals surface area contributed by atoms with Gasteiger partial charge >= 0.3 is 18.1 Å². The second-order valence-electron chi connectivity index (χ2n) is 6.22. The van der Waals surface area contributed by atoms with E-state index in [-0.39, 0.29) is 11.3 Å². The molecule has 0 bridgehead atoms. The fraction of sp³-hybridized carbons (Fsp3) is 0.529. The zero-order valence-corrected chi connectivity index (χ0v) is 14.4. The Balaban J connectivity index is 2.37. The molecule has 0 aromatic heterocycles. The fourth-order valence-corrected chi connectivity index (χ4v) is 2.84. The van der Waals surface area contributed by atoms with Crippen LogP contribution in [-0.2, 0) is 9.53 Å². The normalized spacial score (nSPS) is 15.8. The third-order valence-electron chi connectivity index (χ3n) is 4.44. The average molecular weight is 358 g/mol. The van der Waals surface area contributed by atoms with Crippen molar-refractivity contribution in [3.05, 3.63) is 23.8 Å². The highest BCUT2D eigenvalue weighted by atomic mass is 19.4. The van der Waals surface area contributed by atoms with Crippen LogP contribution in [0.15, 0.2) is 18.2 Å². The van der Waals surface area contributed by atoms with Crippen molar-refractivity contribution < 1.29 is 27.5 Å². The molecule has 0 spiro atoms. The summed E-state index contributed by atoms with van der Waals surface area (Å²) in [5.74, 6) is -2.06. The lowest BCUT2D eigenvalue weighted by molar-refractivity contribution is -0.170. The molecule has 1 heterocycles. The van der Waals surface area contributed by atoms with Gasteiger partial charge in [-0.25, -0.2) is 4.79 Å². The number of carbonyl (C=O) groups is 2. The minimum atomic E-state index is -4.98. The molecule has 0 aliphatic carbocycles. The number of hydrogen-bond donors (Lipinski definition) is 0. The molecule has 25 heavy (non-hydrogen) atoms. The van der Waals surface area contributed by atoms with Crippen LogP contribution in [0.2, 0.25) is 0 Å². The molecule has 0 atom stereocenters. The summed E-state index contributed by atoms with van der Waals surface area (Å²) >= 11 is 0. The van der Waals surface area contributed by atoms with Gasteiger partial charge in [0.2, 0.25) is 0 Å². The standard InChI is InChI=1S/C17H21F3N2O3/c1-11-6-8-22(9-7-11)14-5-4-12(10-13(14)15(23)25-3)21(2)16(24)17(18,19)20/h4-5,10-11H,6-9H2,1-3H3. The van der Waals surface area contributed by atoms with E-state index in [1.54, 1.807) is 6.07 Å². The molecule has 0 saturated carbocycles. The van der Waals surface area contributed by atoms with Crippen LogP contribution in [0.1, 0.15) is 30.1 Å². The molecule has 1 aliphatic heterocycles. The van der Waals surface area contributed by atoms with Gasteiger partial charge in [0.05, 0.1) is 18.4 Å². The number of alkyl halides is 3. The van der Waals surface area contributed by atoms with Gasteiger partial charge in [0, 0.05) is 25.8 Å². The monoisotopic (exact) mass is 358 g/mol. The Morgan fingerprint density at radius 1 is 1.24 bits per heavy atom. The third-order valence-corrected chi connectivity index (χ3v) is 4.44. The number of halogens is 3. The number of carbonyl (C=O) groups excluding carboxylic acids is 2. The quantitative estimate of drug-likeness (QED) is 0.779. The SMILES string of the molecule is COC(=O)c1cc(N(C)C(=O)C(F)(F)F)ccc1N1CCC(C)CC1. The second kappa shape index (κ2) is 7.33. The van der Waals surface area contributed by atoms with Crippen molar-refractivity contribution in [2.24, 2.45) is 5.92 Å².